The number of nitrogens with zero attached hydrogens (tertiary/aromatic N) is 4. The van der Waals surface area contributed by atoms with Crippen LogP contribution >= 0.6 is 11.6 Å². The van der Waals surface area contributed by atoms with Gasteiger partial charge in [-0.1, -0.05) is 60.1 Å². The lowest BCUT2D eigenvalue weighted by Gasteiger charge is -2.16. The van der Waals surface area contributed by atoms with E-state index in [1.807, 2.05) is 18.2 Å². The fourth-order valence-corrected chi connectivity index (χ4v) is 4.97. The number of nitrogens with one attached hydrogen (secondary N) is 1. The van der Waals surface area contributed by atoms with Gasteiger partial charge >= 0.3 is 0 Å². The SMILES string of the molecule is O=C(NCc1ccccc1-c1ccc(CN2CCCC2)cc1)c1nc(N2CCCC2)ncc1Cl. The van der Waals surface area contributed by atoms with Crippen molar-refractivity contribution in [3.63, 3.8) is 0 Å². The van der Waals surface area contributed by atoms with E-state index < -0.39 is 0 Å². The van der Waals surface area contributed by atoms with Crippen LogP contribution in [0.15, 0.2) is 54.7 Å². The molecule has 0 aliphatic carbocycles. The number of likely N-dealkylation sites (tertiary alicyclic amines) is 1. The normalized spacial score (nSPS) is 16.2. The predicted molar refractivity (Wildman–Crippen MR) is 136 cm³/mol. The Hall–Kier alpha value is -2.96. The van der Waals surface area contributed by atoms with Crippen LogP contribution in [-0.4, -0.2) is 47.0 Å². The van der Waals surface area contributed by atoms with Crippen molar-refractivity contribution in [1.29, 1.82) is 0 Å². The molecule has 2 aliphatic heterocycles. The zero-order valence-electron chi connectivity index (χ0n) is 19.3. The second-order valence-corrected chi connectivity index (χ2v) is 9.49. The molecule has 0 bridgehead atoms. The van der Waals surface area contributed by atoms with Crippen molar-refractivity contribution in [3.05, 3.63) is 76.6 Å². The molecule has 3 heterocycles. The third kappa shape index (κ3) is 5.24. The Labute approximate surface area is 206 Å². The van der Waals surface area contributed by atoms with Gasteiger partial charge in [0.2, 0.25) is 5.95 Å². The Morgan fingerprint density at radius 3 is 2.41 bits per heavy atom. The van der Waals surface area contributed by atoms with Gasteiger partial charge in [-0.2, -0.15) is 0 Å². The summed E-state index contributed by atoms with van der Waals surface area (Å²) in [6, 6.07) is 16.9. The van der Waals surface area contributed by atoms with Gasteiger partial charge in [0.25, 0.3) is 5.91 Å². The monoisotopic (exact) mass is 475 g/mol. The zero-order chi connectivity index (χ0) is 23.3. The van der Waals surface area contributed by atoms with E-state index in [0.717, 1.165) is 49.2 Å². The van der Waals surface area contributed by atoms with Gasteiger partial charge in [-0.25, -0.2) is 9.97 Å². The highest BCUT2D eigenvalue weighted by Crippen LogP contribution is 2.25. The molecule has 1 aromatic heterocycles. The molecule has 0 unspecified atom stereocenters. The minimum Gasteiger partial charge on any atom is -0.347 e. The number of halogens is 1. The van der Waals surface area contributed by atoms with Crippen molar-refractivity contribution >= 4 is 23.5 Å². The van der Waals surface area contributed by atoms with E-state index in [1.54, 1.807) is 0 Å². The van der Waals surface area contributed by atoms with Crippen LogP contribution in [0.3, 0.4) is 0 Å². The Morgan fingerprint density at radius 2 is 1.65 bits per heavy atom. The number of anilines is 1. The highest BCUT2D eigenvalue weighted by atomic mass is 35.5. The van der Waals surface area contributed by atoms with Crippen LogP contribution < -0.4 is 10.2 Å². The van der Waals surface area contributed by atoms with Crippen LogP contribution in [0.5, 0.6) is 0 Å². The van der Waals surface area contributed by atoms with Crippen molar-refractivity contribution in [2.45, 2.75) is 38.8 Å². The van der Waals surface area contributed by atoms with Crippen LogP contribution in [0.4, 0.5) is 5.95 Å². The number of carbonyl (C=O) groups is 1. The van der Waals surface area contributed by atoms with Crippen molar-refractivity contribution < 1.29 is 4.79 Å². The average Bonchev–Trinajstić information content (AvgIpc) is 3.58. The molecule has 5 rings (SSSR count). The van der Waals surface area contributed by atoms with Crippen molar-refractivity contribution in [2.24, 2.45) is 0 Å². The molecule has 2 saturated heterocycles. The topological polar surface area (TPSA) is 61.4 Å². The standard InChI is InChI=1S/C27H30ClN5O/c28-24-18-30-27(33-15-5-6-16-33)31-25(24)26(34)29-17-22-7-1-2-8-23(22)21-11-9-20(10-12-21)19-32-13-3-4-14-32/h1-2,7-12,18H,3-6,13-17,19H2,(H,29,34). The van der Waals surface area contributed by atoms with Gasteiger partial charge in [0.15, 0.2) is 5.69 Å². The fraction of sp³-hybridized carbons (Fsp3) is 0.370. The number of benzene rings is 2. The predicted octanol–water partition coefficient (Wildman–Crippen LogP) is 4.92. The van der Waals surface area contributed by atoms with Gasteiger partial charge in [-0.15, -0.1) is 0 Å². The van der Waals surface area contributed by atoms with Crippen molar-refractivity contribution in [3.8, 4) is 11.1 Å². The number of rotatable bonds is 7. The van der Waals surface area contributed by atoms with E-state index in [1.165, 1.54) is 37.7 Å². The largest absolute Gasteiger partial charge is 0.347 e. The molecule has 0 saturated carbocycles. The van der Waals surface area contributed by atoms with Crippen LogP contribution in [0.2, 0.25) is 5.02 Å². The molecule has 7 heteroatoms. The summed E-state index contributed by atoms with van der Waals surface area (Å²) in [7, 11) is 0. The number of hydrogen-bond donors (Lipinski definition) is 1. The van der Waals surface area contributed by atoms with Gasteiger partial charge < -0.3 is 10.2 Å². The molecule has 0 atom stereocenters. The van der Waals surface area contributed by atoms with Crippen molar-refractivity contribution in [1.82, 2.24) is 20.2 Å². The lowest BCUT2D eigenvalue weighted by molar-refractivity contribution is 0.0946. The van der Waals surface area contributed by atoms with E-state index in [9.17, 15) is 4.79 Å². The minimum absolute atomic E-state index is 0.224. The van der Waals surface area contributed by atoms with Crippen LogP contribution in [-0.2, 0) is 13.1 Å². The Bertz CT molecular complexity index is 1140. The maximum Gasteiger partial charge on any atom is 0.271 e. The first-order valence-corrected chi connectivity index (χ1v) is 12.5. The number of aromatic nitrogens is 2. The highest BCUT2D eigenvalue weighted by Gasteiger charge is 2.20. The first-order valence-electron chi connectivity index (χ1n) is 12.1. The van der Waals surface area contributed by atoms with Gasteiger partial charge in [0.05, 0.1) is 11.2 Å². The summed E-state index contributed by atoms with van der Waals surface area (Å²) in [5.41, 5.74) is 4.87. The highest BCUT2D eigenvalue weighted by molar-refractivity contribution is 6.33. The summed E-state index contributed by atoms with van der Waals surface area (Å²) in [4.78, 5) is 26.3. The summed E-state index contributed by atoms with van der Waals surface area (Å²) >= 11 is 6.27. The number of carbonyl (C=O) groups excluding carboxylic acids is 1. The smallest absolute Gasteiger partial charge is 0.271 e. The molecule has 176 valence electrons. The van der Waals surface area contributed by atoms with Crippen LogP contribution in [0.1, 0.15) is 47.3 Å². The lowest BCUT2D eigenvalue weighted by Crippen LogP contribution is -2.27. The first-order chi connectivity index (χ1) is 16.7. The quantitative estimate of drug-likeness (QED) is 0.525. The molecule has 6 nitrogen and oxygen atoms in total. The zero-order valence-corrected chi connectivity index (χ0v) is 20.1. The Kier molecular flexibility index (Phi) is 7.07. The summed E-state index contributed by atoms with van der Waals surface area (Å²) in [5.74, 6) is 0.282. The first kappa shape index (κ1) is 22.8. The second-order valence-electron chi connectivity index (χ2n) is 9.08. The van der Waals surface area contributed by atoms with Crippen LogP contribution in [0.25, 0.3) is 11.1 Å². The fourth-order valence-electron chi connectivity index (χ4n) is 4.79. The third-order valence-electron chi connectivity index (χ3n) is 6.66. The second kappa shape index (κ2) is 10.5. The van der Waals surface area contributed by atoms with E-state index in [-0.39, 0.29) is 16.6 Å². The van der Waals surface area contributed by atoms with Crippen LogP contribution in [0, 0.1) is 0 Å². The molecule has 1 N–H and O–H groups in total. The maximum absolute atomic E-state index is 13.0. The molecule has 0 spiro atoms. The van der Waals surface area contributed by atoms with Crippen molar-refractivity contribution in [2.75, 3.05) is 31.1 Å². The molecule has 2 aromatic carbocycles. The molecule has 34 heavy (non-hydrogen) atoms. The molecule has 1 amide bonds. The maximum atomic E-state index is 13.0. The molecule has 3 aromatic rings. The van der Waals surface area contributed by atoms with Gasteiger partial charge in [-0.05, 0) is 61.0 Å². The summed E-state index contributed by atoms with van der Waals surface area (Å²) in [5, 5.41) is 3.27. The Balaban J connectivity index is 1.28. The van der Waals surface area contributed by atoms with E-state index >= 15 is 0 Å². The van der Waals surface area contributed by atoms with E-state index in [2.05, 4.69) is 55.4 Å². The molecule has 2 fully saturated rings. The minimum atomic E-state index is -0.288. The molecule has 0 radical (unpaired) electrons. The molecule has 2 aliphatic rings. The van der Waals surface area contributed by atoms with E-state index in [0.29, 0.717) is 12.5 Å². The third-order valence-corrected chi connectivity index (χ3v) is 6.94. The van der Waals surface area contributed by atoms with Gasteiger partial charge in [0.1, 0.15) is 0 Å². The number of hydrogen-bond acceptors (Lipinski definition) is 5. The summed E-state index contributed by atoms with van der Waals surface area (Å²) in [6.45, 7) is 5.61. The van der Waals surface area contributed by atoms with Gasteiger partial charge in [-0.3, -0.25) is 9.69 Å². The summed E-state index contributed by atoms with van der Waals surface area (Å²) < 4.78 is 0. The average molecular weight is 476 g/mol. The van der Waals surface area contributed by atoms with E-state index in [4.69, 9.17) is 11.6 Å². The van der Waals surface area contributed by atoms with Gasteiger partial charge in [0, 0.05) is 26.2 Å². The lowest BCUT2D eigenvalue weighted by atomic mass is 9.98. The number of amides is 1. The summed E-state index contributed by atoms with van der Waals surface area (Å²) in [6.07, 6.45) is 6.36. The Morgan fingerprint density at radius 1 is 0.941 bits per heavy atom. The molecular formula is C27H30ClN5O. The molecular weight excluding hydrogens is 446 g/mol.